The van der Waals surface area contributed by atoms with Crippen molar-refractivity contribution in [2.75, 3.05) is 55.1 Å². The van der Waals surface area contributed by atoms with Gasteiger partial charge in [-0.15, -0.1) is 0 Å². The molecule has 0 radical (unpaired) electrons. The SMILES string of the molecule is COc1cc(/C=N\Nc2nc(N3CCCC3)nc(N3CCCC3)n2)ccc1OCC(=O)O. The highest BCUT2D eigenvalue weighted by Crippen LogP contribution is 2.27. The Hall–Kier alpha value is -3.63. The Bertz CT molecular complexity index is 938. The minimum absolute atomic E-state index is 0.350. The molecule has 0 spiro atoms. The summed E-state index contributed by atoms with van der Waals surface area (Å²) in [5, 5.41) is 13.0. The van der Waals surface area contributed by atoms with Crippen LogP contribution in [0.15, 0.2) is 23.3 Å². The highest BCUT2D eigenvalue weighted by atomic mass is 16.5. The normalized spacial score (nSPS) is 16.0. The first-order valence-electron chi connectivity index (χ1n) is 10.7. The quantitative estimate of drug-likeness (QED) is 0.441. The summed E-state index contributed by atoms with van der Waals surface area (Å²) in [6, 6.07) is 5.10. The van der Waals surface area contributed by atoms with Gasteiger partial charge in [0.2, 0.25) is 17.8 Å². The number of anilines is 3. The Balaban J connectivity index is 1.49. The van der Waals surface area contributed by atoms with E-state index in [0.29, 0.717) is 29.3 Å². The fourth-order valence-corrected chi connectivity index (χ4v) is 3.71. The molecule has 0 bridgehead atoms. The van der Waals surface area contributed by atoms with Gasteiger partial charge in [-0.25, -0.2) is 10.2 Å². The van der Waals surface area contributed by atoms with E-state index in [-0.39, 0.29) is 0 Å². The van der Waals surface area contributed by atoms with E-state index in [2.05, 4.69) is 30.3 Å². The van der Waals surface area contributed by atoms with Crippen molar-refractivity contribution in [1.82, 2.24) is 15.0 Å². The van der Waals surface area contributed by atoms with E-state index in [1.165, 1.54) is 7.11 Å². The molecule has 2 N–H and O–H groups in total. The van der Waals surface area contributed by atoms with Crippen LogP contribution < -0.4 is 24.7 Å². The van der Waals surface area contributed by atoms with Crippen molar-refractivity contribution >= 4 is 30.0 Å². The Morgan fingerprint density at radius 2 is 1.69 bits per heavy atom. The Labute approximate surface area is 186 Å². The molecule has 170 valence electrons. The summed E-state index contributed by atoms with van der Waals surface area (Å²) in [7, 11) is 1.49. The van der Waals surface area contributed by atoms with Gasteiger partial charge in [-0.2, -0.15) is 20.1 Å². The van der Waals surface area contributed by atoms with Crippen molar-refractivity contribution < 1.29 is 19.4 Å². The molecule has 3 heterocycles. The maximum absolute atomic E-state index is 10.7. The van der Waals surface area contributed by atoms with E-state index in [0.717, 1.165) is 57.4 Å². The number of hydrazone groups is 1. The number of carboxylic acids is 1. The molecule has 0 aliphatic carbocycles. The second-order valence-electron chi connectivity index (χ2n) is 7.61. The largest absolute Gasteiger partial charge is 0.493 e. The number of hydrogen-bond acceptors (Lipinski definition) is 10. The van der Waals surface area contributed by atoms with Gasteiger partial charge >= 0.3 is 5.97 Å². The average molecular weight is 441 g/mol. The number of carboxylic acid groups (broad SMARTS) is 1. The zero-order chi connectivity index (χ0) is 22.3. The molecule has 11 nitrogen and oxygen atoms in total. The van der Waals surface area contributed by atoms with Crippen molar-refractivity contribution in [3.63, 3.8) is 0 Å². The molecule has 4 rings (SSSR count). The highest BCUT2D eigenvalue weighted by molar-refractivity contribution is 5.81. The minimum Gasteiger partial charge on any atom is -0.493 e. The molecule has 1 aromatic heterocycles. The van der Waals surface area contributed by atoms with Crippen LogP contribution in [0.4, 0.5) is 17.8 Å². The molecule has 0 amide bonds. The summed E-state index contributed by atoms with van der Waals surface area (Å²) < 4.78 is 10.5. The lowest BCUT2D eigenvalue weighted by atomic mass is 10.2. The molecular weight excluding hydrogens is 414 g/mol. The maximum Gasteiger partial charge on any atom is 0.341 e. The third-order valence-electron chi connectivity index (χ3n) is 5.31. The minimum atomic E-state index is -1.05. The van der Waals surface area contributed by atoms with Gasteiger partial charge in [0.05, 0.1) is 13.3 Å². The van der Waals surface area contributed by atoms with E-state index >= 15 is 0 Å². The van der Waals surface area contributed by atoms with E-state index in [1.807, 2.05) is 0 Å². The number of benzene rings is 1. The van der Waals surface area contributed by atoms with Crippen LogP contribution in [0.3, 0.4) is 0 Å². The van der Waals surface area contributed by atoms with E-state index in [1.54, 1.807) is 24.4 Å². The highest BCUT2D eigenvalue weighted by Gasteiger charge is 2.21. The number of carbonyl (C=O) groups is 1. The van der Waals surface area contributed by atoms with Gasteiger partial charge in [-0.05, 0) is 49.4 Å². The smallest absolute Gasteiger partial charge is 0.341 e. The standard InChI is InChI=1S/C21H27N7O4/c1-31-17-12-15(6-7-16(17)32-14-18(29)30)13-22-26-19-23-20(27-8-2-3-9-27)25-21(24-19)28-10-4-5-11-28/h6-7,12-13H,2-5,8-11,14H2,1H3,(H,29,30)(H,23,24,25,26)/b22-13-. The lowest BCUT2D eigenvalue weighted by Gasteiger charge is -2.20. The van der Waals surface area contributed by atoms with E-state index < -0.39 is 12.6 Å². The number of nitrogens with zero attached hydrogens (tertiary/aromatic N) is 6. The number of aromatic nitrogens is 3. The number of hydrogen-bond donors (Lipinski definition) is 2. The molecule has 0 saturated carbocycles. The number of nitrogens with one attached hydrogen (secondary N) is 1. The zero-order valence-corrected chi connectivity index (χ0v) is 18.0. The van der Waals surface area contributed by atoms with Crippen LogP contribution in [0, 0.1) is 0 Å². The zero-order valence-electron chi connectivity index (χ0n) is 18.0. The van der Waals surface area contributed by atoms with Gasteiger partial charge in [0.1, 0.15) is 0 Å². The molecular formula is C21H27N7O4. The van der Waals surface area contributed by atoms with Gasteiger partial charge in [0.15, 0.2) is 18.1 Å². The summed E-state index contributed by atoms with van der Waals surface area (Å²) in [5.74, 6) is 1.47. The van der Waals surface area contributed by atoms with Gasteiger partial charge < -0.3 is 24.4 Å². The molecule has 2 saturated heterocycles. The fraction of sp³-hybridized carbons (Fsp3) is 0.476. The van der Waals surface area contributed by atoms with Crippen molar-refractivity contribution in [2.45, 2.75) is 25.7 Å². The first-order chi connectivity index (χ1) is 15.6. The molecule has 2 aromatic rings. The Kier molecular flexibility index (Phi) is 6.83. The molecule has 11 heteroatoms. The molecule has 0 unspecified atom stereocenters. The Morgan fingerprint density at radius 3 is 2.25 bits per heavy atom. The van der Waals surface area contributed by atoms with Crippen LogP contribution >= 0.6 is 0 Å². The molecule has 2 aliphatic heterocycles. The van der Waals surface area contributed by atoms with Crippen LogP contribution in [-0.2, 0) is 4.79 Å². The number of methoxy groups -OCH3 is 1. The monoisotopic (exact) mass is 441 g/mol. The molecule has 2 fully saturated rings. The lowest BCUT2D eigenvalue weighted by molar-refractivity contribution is -0.139. The van der Waals surface area contributed by atoms with Gasteiger partial charge in [0.25, 0.3) is 0 Å². The maximum atomic E-state index is 10.7. The topological polar surface area (TPSA) is 125 Å². The van der Waals surface area contributed by atoms with Crippen LogP contribution in [0.1, 0.15) is 31.2 Å². The van der Waals surface area contributed by atoms with Gasteiger partial charge in [-0.1, -0.05) is 0 Å². The first-order valence-corrected chi connectivity index (χ1v) is 10.7. The fourth-order valence-electron chi connectivity index (χ4n) is 3.71. The van der Waals surface area contributed by atoms with Gasteiger partial charge in [-0.3, -0.25) is 0 Å². The van der Waals surface area contributed by atoms with Gasteiger partial charge in [0, 0.05) is 26.2 Å². The number of rotatable bonds is 9. The van der Waals surface area contributed by atoms with Crippen LogP contribution in [-0.4, -0.2) is 72.1 Å². The second-order valence-corrected chi connectivity index (χ2v) is 7.61. The van der Waals surface area contributed by atoms with E-state index in [4.69, 9.17) is 19.6 Å². The average Bonchev–Trinajstić information content (AvgIpc) is 3.52. The predicted molar refractivity (Wildman–Crippen MR) is 120 cm³/mol. The number of aliphatic carboxylic acids is 1. The summed E-state index contributed by atoms with van der Waals surface area (Å²) >= 11 is 0. The molecule has 1 aromatic carbocycles. The summed E-state index contributed by atoms with van der Waals surface area (Å²) in [4.78, 5) is 28.9. The van der Waals surface area contributed by atoms with Crippen LogP contribution in [0.25, 0.3) is 0 Å². The summed E-state index contributed by atoms with van der Waals surface area (Å²) in [5.41, 5.74) is 3.66. The molecule has 32 heavy (non-hydrogen) atoms. The third-order valence-corrected chi connectivity index (χ3v) is 5.31. The second kappa shape index (κ2) is 10.1. The van der Waals surface area contributed by atoms with Crippen molar-refractivity contribution in [3.05, 3.63) is 23.8 Å². The lowest BCUT2D eigenvalue weighted by Crippen LogP contribution is -2.25. The first kappa shape index (κ1) is 21.6. The van der Waals surface area contributed by atoms with Crippen molar-refractivity contribution in [1.29, 1.82) is 0 Å². The summed E-state index contributed by atoms with van der Waals surface area (Å²) in [6.07, 6.45) is 6.16. The van der Waals surface area contributed by atoms with Crippen LogP contribution in [0.2, 0.25) is 0 Å². The molecule has 0 atom stereocenters. The third kappa shape index (κ3) is 5.34. The number of ether oxygens (including phenoxy) is 2. The van der Waals surface area contributed by atoms with Crippen LogP contribution in [0.5, 0.6) is 11.5 Å². The predicted octanol–water partition coefficient (Wildman–Crippen LogP) is 1.99. The van der Waals surface area contributed by atoms with E-state index in [9.17, 15) is 4.79 Å². The Morgan fingerprint density at radius 1 is 1.06 bits per heavy atom. The summed E-state index contributed by atoms with van der Waals surface area (Å²) in [6.45, 7) is 3.35. The van der Waals surface area contributed by atoms with Crippen molar-refractivity contribution in [2.24, 2.45) is 5.10 Å². The van der Waals surface area contributed by atoms with Crippen molar-refractivity contribution in [3.8, 4) is 11.5 Å². The molecule has 2 aliphatic rings.